The molecule has 1 aromatic heterocycles. The Labute approximate surface area is 159 Å². The third-order valence-electron chi connectivity index (χ3n) is 3.64. The second-order valence-electron chi connectivity index (χ2n) is 5.40. The number of methoxy groups -OCH3 is 2. The summed E-state index contributed by atoms with van der Waals surface area (Å²) in [6, 6.07) is 5.50. The van der Waals surface area contributed by atoms with Gasteiger partial charge in [0.25, 0.3) is 0 Å². The van der Waals surface area contributed by atoms with Crippen LogP contribution in [0.25, 0.3) is 0 Å². The van der Waals surface area contributed by atoms with E-state index < -0.39 is 11.9 Å². The summed E-state index contributed by atoms with van der Waals surface area (Å²) < 4.78 is 48.2. The van der Waals surface area contributed by atoms with Crippen LogP contribution >= 0.6 is 11.3 Å². The average molecular weight is 402 g/mol. The average Bonchev–Trinajstić information content (AvgIpc) is 3.13. The van der Waals surface area contributed by atoms with Gasteiger partial charge in [-0.25, -0.2) is 4.98 Å². The number of alkyl halides is 3. The predicted molar refractivity (Wildman–Crippen MR) is 98.6 cm³/mol. The molecule has 1 heterocycles. The monoisotopic (exact) mass is 402 g/mol. The van der Waals surface area contributed by atoms with Crippen molar-refractivity contribution < 1.29 is 22.6 Å². The first-order valence-corrected chi connectivity index (χ1v) is 8.92. The normalized spacial score (nSPS) is 12.0. The standard InChI is InChI=1S/C17H21F3N4O2S/c1-21-16(22-7-6-15-24-14(10-27-15)17(18,19)20)23-9-11-4-5-12(25-2)8-13(11)26-3/h4-5,8,10H,6-7,9H2,1-3H3,(H2,21,22,23). The zero-order chi connectivity index (χ0) is 19.9. The number of thiazole rings is 1. The van der Waals surface area contributed by atoms with Gasteiger partial charge in [-0.15, -0.1) is 11.3 Å². The van der Waals surface area contributed by atoms with Crippen molar-refractivity contribution in [3.8, 4) is 11.5 Å². The van der Waals surface area contributed by atoms with Crippen LogP contribution < -0.4 is 20.1 Å². The van der Waals surface area contributed by atoms with Crippen molar-refractivity contribution in [2.45, 2.75) is 19.1 Å². The fraction of sp³-hybridized carbons (Fsp3) is 0.412. The van der Waals surface area contributed by atoms with Crippen LogP contribution in [0.1, 0.15) is 16.3 Å². The lowest BCUT2D eigenvalue weighted by molar-refractivity contribution is -0.140. The van der Waals surface area contributed by atoms with Crippen LogP contribution in [0.15, 0.2) is 28.6 Å². The van der Waals surface area contributed by atoms with E-state index in [0.29, 0.717) is 42.0 Å². The van der Waals surface area contributed by atoms with Crippen molar-refractivity contribution in [1.29, 1.82) is 0 Å². The summed E-state index contributed by atoms with van der Waals surface area (Å²) in [5.41, 5.74) is 0.0626. The molecule has 0 amide bonds. The molecule has 10 heteroatoms. The maximum absolute atomic E-state index is 12.6. The first-order chi connectivity index (χ1) is 12.9. The Morgan fingerprint density at radius 3 is 2.59 bits per heavy atom. The van der Waals surface area contributed by atoms with Gasteiger partial charge in [0.1, 0.15) is 11.5 Å². The van der Waals surface area contributed by atoms with Crippen molar-refractivity contribution in [1.82, 2.24) is 15.6 Å². The van der Waals surface area contributed by atoms with Crippen molar-refractivity contribution in [3.05, 3.63) is 39.8 Å². The minimum absolute atomic E-state index is 0.368. The molecule has 0 aliphatic rings. The molecule has 0 saturated heterocycles. The third kappa shape index (κ3) is 6.02. The molecular weight excluding hydrogens is 381 g/mol. The largest absolute Gasteiger partial charge is 0.497 e. The summed E-state index contributed by atoms with van der Waals surface area (Å²) in [4.78, 5) is 7.70. The third-order valence-corrected chi connectivity index (χ3v) is 4.55. The smallest absolute Gasteiger partial charge is 0.434 e. The maximum Gasteiger partial charge on any atom is 0.434 e. The SMILES string of the molecule is CN=C(NCCc1nc(C(F)(F)F)cs1)NCc1ccc(OC)cc1OC. The molecule has 0 bridgehead atoms. The molecule has 27 heavy (non-hydrogen) atoms. The topological polar surface area (TPSA) is 67.8 Å². The second kappa shape index (κ2) is 9.45. The quantitative estimate of drug-likeness (QED) is 0.550. The van der Waals surface area contributed by atoms with E-state index in [2.05, 4.69) is 20.6 Å². The Kier molecular flexibility index (Phi) is 7.28. The van der Waals surface area contributed by atoms with Gasteiger partial charge in [-0.05, 0) is 12.1 Å². The van der Waals surface area contributed by atoms with E-state index >= 15 is 0 Å². The molecule has 148 valence electrons. The summed E-state index contributed by atoms with van der Waals surface area (Å²) in [5, 5.41) is 7.63. The van der Waals surface area contributed by atoms with Crippen molar-refractivity contribution >= 4 is 17.3 Å². The second-order valence-corrected chi connectivity index (χ2v) is 6.35. The van der Waals surface area contributed by atoms with Crippen LogP contribution in [-0.4, -0.2) is 38.8 Å². The number of ether oxygens (including phenoxy) is 2. The fourth-order valence-corrected chi connectivity index (χ4v) is 3.05. The van der Waals surface area contributed by atoms with Crippen LogP contribution in [0.4, 0.5) is 13.2 Å². The first kappa shape index (κ1) is 20.8. The van der Waals surface area contributed by atoms with E-state index in [1.807, 2.05) is 12.1 Å². The van der Waals surface area contributed by atoms with Gasteiger partial charge in [0.2, 0.25) is 0 Å². The van der Waals surface area contributed by atoms with E-state index in [1.165, 1.54) is 0 Å². The van der Waals surface area contributed by atoms with Gasteiger partial charge in [-0.2, -0.15) is 13.2 Å². The van der Waals surface area contributed by atoms with E-state index in [1.54, 1.807) is 27.3 Å². The predicted octanol–water partition coefficient (Wildman–Crippen LogP) is 3.09. The van der Waals surface area contributed by atoms with Gasteiger partial charge in [0, 0.05) is 43.6 Å². The molecule has 0 atom stereocenters. The van der Waals surface area contributed by atoms with Crippen LogP contribution in [0.5, 0.6) is 11.5 Å². The van der Waals surface area contributed by atoms with Crippen LogP contribution in [-0.2, 0) is 19.1 Å². The van der Waals surface area contributed by atoms with E-state index in [4.69, 9.17) is 9.47 Å². The number of aliphatic imine (C=N–C) groups is 1. The molecule has 0 fully saturated rings. The summed E-state index contributed by atoms with van der Waals surface area (Å²) in [6.45, 7) is 0.868. The molecule has 2 aromatic rings. The number of nitrogens with one attached hydrogen (secondary N) is 2. The molecule has 0 radical (unpaired) electrons. The minimum Gasteiger partial charge on any atom is -0.497 e. The zero-order valence-electron chi connectivity index (χ0n) is 15.2. The highest BCUT2D eigenvalue weighted by atomic mass is 32.1. The highest BCUT2D eigenvalue weighted by Gasteiger charge is 2.33. The highest BCUT2D eigenvalue weighted by Crippen LogP contribution is 2.30. The Morgan fingerprint density at radius 1 is 1.22 bits per heavy atom. The molecular formula is C17H21F3N4O2S. The van der Waals surface area contributed by atoms with Gasteiger partial charge < -0.3 is 20.1 Å². The highest BCUT2D eigenvalue weighted by molar-refractivity contribution is 7.09. The zero-order valence-corrected chi connectivity index (χ0v) is 16.0. The molecule has 0 aliphatic carbocycles. The number of hydrogen-bond acceptors (Lipinski definition) is 5. The number of halogens is 3. The lowest BCUT2D eigenvalue weighted by Crippen LogP contribution is -2.37. The van der Waals surface area contributed by atoms with Crippen LogP contribution in [0.2, 0.25) is 0 Å². The summed E-state index contributed by atoms with van der Waals surface area (Å²) in [7, 11) is 4.78. The number of benzene rings is 1. The number of nitrogens with zero attached hydrogens (tertiary/aromatic N) is 2. The molecule has 0 aliphatic heterocycles. The van der Waals surface area contributed by atoms with Crippen molar-refractivity contribution in [3.63, 3.8) is 0 Å². The van der Waals surface area contributed by atoms with Gasteiger partial charge in [-0.1, -0.05) is 0 Å². The molecule has 0 spiro atoms. The summed E-state index contributed by atoms with van der Waals surface area (Å²) in [6.07, 6.45) is -4.04. The number of guanidine groups is 1. The molecule has 2 rings (SSSR count). The maximum atomic E-state index is 12.6. The molecule has 6 nitrogen and oxygen atoms in total. The van der Waals surface area contributed by atoms with Gasteiger partial charge in [0.05, 0.1) is 19.2 Å². The number of rotatable bonds is 7. The first-order valence-electron chi connectivity index (χ1n) is 8.04. The summed E-state index contributed by atoms with van der Waals surface area (Å²) >= 11 is 0.995. The molecule has 0 unspecified atom stereocenters. The van der Waals surface area contributed by atoms with Crippen LogP contribution in [0.3, 0.4) is 0 Å². The van der Waals surface area contributed by atoms with Crippen molar-refractivity contribution in [2.24, 2.45) is 4.99 Å². The van der Waals surface area contributed by atoms with E-state index in [-0.39, 0.29) is 0 Å². The summed E-state index contributed by atoms with van der Waals surface area (Å²) in [5.74, 6) is 1.90. The van der Waals surface area contributed by atoms with Gasteiger partial charge in [-0.3, -0.25) is 4.99 Å². The van der Waals surface area contributed by atoms with E-state index in [9.17, 15) is 13.2 Å². The van der Waals surface area contributed by atoms with E-state index in [0.717, 1.165) is 22.3 Å². The molecule has 0 saturated carbocycles. The van der Waals surface area contributed by atoms with Crippen molar-refractivity contribution in [2.75, 3.05) is 27.8 Å². The Hall–Kier alpha value is -2.49. The van der Waals surface area contributed by atoms with Gasteiger partial charge in [0.15, 0.2) is 11.7 Å². The molecule has 2 N–H and O–H groups in total. The molecule has 1 aromatic carbocycles. The fourth-order valence-electron chi connectivity index (χ4n) is 2.24. The Bertz CT molecular complexity index is 778. The van der Waals surface area contributed by atoms with Gasteiger partial charge >= 0.3 is 6.18 Å². The minimum atomic E-state index is -4.41. The lowest BCUT2D eigenvalue weighted by Gasteiger charge is -2.14. The lowest BCUT2D eigenvalue weighted by atomic mass is 10.2. The number of aromatic nitrogens is 1. The Balaban J connectivity index is 1.85. The number of hydrogen-bond donors (Lipinski definition) is 2. The van der Waals surface area contributed by atoms with Crippen LogP contribution in [0, 0.1) is 0 Å². The Morgan fingerprint density at radius 2 is 2.00 bits per heavy atom.